The molecule has 3 aromatic rings. The summed E-state index contributed by atoms with van der Waals surface area (Å²) in [4.78, 5) is 7.32. The van der Waals surface area contributed by atoms with Gasteiger partial charge in [-0.3, -0.25) is 0 Å². The van der Waals surface area contributed by atoms with Gasteiger partial charge >= 0.3 is 0 Å². The average Bonchev–Trinajstić information content (AvgIpc) is 2.94. The molecule has 0 unspecified atom stereocenters. The number of rotatable bonds is 2. The van der Waals surface area contributed by atoms with Crippen LogP contribution in [-0.2, 0) is 5.88 Å². The Hall–Kier alpha value is -1.74. The number of imidazole rings is 1. The van der Waals surface area contributed by atoms with E-state index in [2.05, 4.69) is 9.97 Å². The van der Waals surface area contributed by atoms with E-state index >= 15 is 0 Å². The van der Waals surface area contributed by atoms with Crippen molar-refractivity contribution in [3.63, 3.8) is 0 Å². The number of H-pyrrole nitrogens is 1. The van der Waals surface area contributed by atoms with Crippen molar-refractivity contribution in [2.45, 2.75) is 5.88 Å². The van der Waals surface area contributed by atoms with Crippen LogP contribution in [0.3, 0.4) is 0 Å². The number of fused-ring (bicyclic) bond motifs is 1. The molecule has 0 aliphatic rings. The molecule has 0 saturated carbocycles. The van der Waals surface area contributed by atoms with E-state index in [0.29, 0.717) is 5.88 Å². The molecule has 0 amide bonds. The molecule has 16 heavy (non-hydrogen) atoms. The second kappa shape index (κ2) is 3.68. The molecular weight excluding hydrogens is 224 g/mol. The molecule has 3 nitrogen and oxygen atoms in total. The van der Waals surface area contributed by atoms with Crippen molar-refractivity contribution in [1.82, 2.24) is 9.97 Å². The summed E-state index contributed by atoms with van der Waals surface area (Å²) >= 11 is 5.70. The van der Waals surface area contributed by atoms with Crippen LogP contribution in [0, 0.1) is 0 Å². The van der Waals surface area contributed by atoms with Gasteiger partial charge in [0, 0.05) is 10.9 Å². The van der Waals surface area contributed by atoms with E-state index < -0.39 is 0 Å². The third-order valence-corrected chi connectivity index (χ3v) is 2.78. The third kappa shape index (κ3) is 1.41. The zero-order chi connectivity index (χ0) is 11.0. The predicted molar refractivity (Wildman–Crippen MR) is 63.4 cm³/mol. The summed E-state index contributed by atoms with van der Waals surface area (Å²) in [7, 11) is 0. The van der Waals surface area contributed by atoms with Gasteiger partial charge in [-0.25, -0.2) is 4.98 Å². The van der Waals surface area contributed by atoms with E-state index in [1.165, 1.54) is 0 Å². The Morgan fingerprint density at radius 3 is 3.00 bits per heavy atom. The number of alkyl halides is 1. The fraction of sp³-hybridized carbons (Fsp3) is 0.0833. The summed E-state index contributed by atoms with van der Waals surface area (Å²) < 4.78 is 5.47. The first-order valence-corrected chi connectivity index (χ1v) is 5.48. The largest absolute Gasteiger partial charge is 0.464 e. The minimum absolute atomic E-state index is 0.385. The second-order valence-electron chi connectivity index (χ2n) is 3.52. The molecule has 2 aromatic heterocycles. The number of para-hydroxylation sites is 1. The van der Waals surface area contributed by atoms with Crippen LogP contribution in [0.15, 0.2) is 41.1 Å². The van der Waals surface area contributed by atoms with Crippen molar-refractivity contribution in [1.29, 1.82) is 0 Å². The first-order chi connectivity index (χ1) is 7.88. The summed E-state index contributed by atoms with van der Waals surface area (Å²) in [6, 6.07) is 7.90. The molecular formula is C12H9ClN2O. The molecule has 0 aliphatic heterocycles. The van der Waals surface area contributed by atoms with Crippen LogP contribution >= 0.6 is 11.6 Å². The van der Waals surface area contributed by atoms with E-state index in [1.807, 2.05) is 24.3 Å². The van der Waals surface area contributed by atoms with Crippen LogP contribution in [-0.4, -0.2) is 9.97 Å². The summed E-state index contributed by atoms with van der Waals surface area (Å²) in [5.41, 5.74) is 2.82. The monoisotopic (exact) mass is 232 g/mol. The van der Waals surface area contributed by atoms with E-state index in [4.69, 9.17) is 16.0 Å². The first-order valence-electron chi connectivity index (χ1n) is 4.95. The lowest BCUT2D eigenvalue weighted by molar-refractivity contribution is 0.617. The van der Waals surface area contributed by atoms with Gasteiger partial charge < -0.3 is 9.40 Å². The Morgan fingerprint density at radius 1 is 1.31 bits per heavy atom. The predicted octanol–water partition coefficient (Wildman–Crippen LogP) is 3.56. The highest BCUT2D eigenvalue weighted by atomic mass is 35.5. The fourth-order valence-corrected chi connectivity index (χ4v) is 1.89. The zero-order valence-corrected chi connectivity index (χ0v) is 9.16. The third-order valence-electron chi connectivity index (χ3n) is 2.53. The molecule has 2 heterocycles. The number of aromatic amines is 1. The molecule has 1 N–H and O–H groups in total. The maximum Gasteiger partial charge on any atom is 0.134 e. The van der Waals surface area contributed by atoms with Gasteiger partial charge in [0.05, 0.1) is 17.8 Å². The highest BCUT2D eigenvalue weighted by molar-refractivity contribution is 6.16. The molecule has 0 aliphatic carbocycles. The molecule has 3 rings (SSSR count). The van der Waals surface area contributed by atoms with Gasteiger partial charge in [0.2, 0.25) is 0 Å². The van der Waals surface area contributed by atoms with Gasteiger partial charge in [-0.1, -0.05) is 18.2 Å². The highest BCUT2D eigenvalue weighted by Crippen LogP contribution is 2.29. The lowest BCUT2D eigenvalue weighted by Crippen LogP contribution is -1.79. The molecule has 0 bridgehead atoms. The van der Waals surface area contributed by atoms with Gasteiger partial charge in [-0.05, 0) is 6.07 Å². The molecule has 0 saturated heterocycles. The van der Waals surface area contributed by atoms with Crippen molar-refractivity contribution >= 4 is 22.6 Å². The van der Waals surface area contributed by atoms with Crippen LogP contribution in [0.25, 0.3) is 22.2 Å². The Kier molecular flexibility index (Phi) is 2.18. The number of hydrogen-bond donors (Lipinski definition) is 1. The molecule has 0 radical (unpaired) electrons. The average molecular weight is 233 g/mol. The van der Waals surface area contributed by atoms with E-state index in [1.54, 1.807) is 12.5 Å². The van der Waals surface area contributed by atoms with E-state index in [-0.39, 0.29) is 0 Å². The number of nitrogens with one attached hydrogen (secondary N) is 1. The minimum Gasteiger partial charge on any atom is -0.464 e. The molecule has 0 fully saturated rings. The number of furan rings is 1. The number of halogens is 1. The first kappa shape index (κ1) is 9.48. The normalized spacial score (nSPS) is 11.1. The molecule has 80 valence electrons. The molecule has 1 aromatic carbocycles. The van der Waals surface area contributed by atoms with Gasteiger partial charge in [0.1, 0.15) is 17.7 Å². The molecule has 4 heteroatoms. The zero-order valence-electron chi connectivity index (χ0n) is 8.40. The number of aromatic nitrogens is 2. The van der Waals surface area contributed by atoms with Crippen molar-refractivity contribution in [2.24, 2.45) is 0 Å². The number of nitrogens with zero attached hydrogens (tertiary/aromatic N) is 1. The second-order valence-corrected chi connectivity index (χ2v) is 3.79. The SMILES string of the molecule is ClCc1ncc(-c2coc3ccccc23)[nH]1. The van der Waals surface area contributed by atoms with Gasteiger partial charge in [0.15, 0.2) is 0 Å². The van der Waals surface area contributed by atoms with Crippen LogP contribution in [0.2, 0.25) is 0 Å². The van der Waals surface area contributed by atoms with Crippen molar-refractivity contribution in [3.8, 4) is 11.3 Å². The standard InChI is InChI=1S/C12H9ClN2O/c13-5-12-14-6-10(15-12)9-7-16-11-4-2-1-3-8(9)11/h1-4,6-7H,5H2,(H,14,15). The lowest BCUT2D eigenvalue weighted by Gasteiger charge is -1.92. The summed E-state index contributed by atoms with van der Waals surface area (Å²) in [6.45, 7) is 0. The summed E-state index contributed by atoms with van der Waals surface area (Å²) in [6.07, 6.45) is 3.51. The Morgan fingerprint density at radius 2 is 2.19 bits per heavy atom. The smallest absolute Gasteiger partial charge is 0.134 e. The van der Waals surface area contributed by atoms with Crippen LogP contribution < -0.4 is 0 Å². The highest BCUT2D eigenvalue weighted by Gasteiger charge is 2.09. The summed E-state index contributed by atoms with van der Waals surface area (Å²) in [5.74, 6) is 1.15. The Bertz CT molecular complexity index is 627. The van der Waals surface area contributed by atoms with Crippen LogP contribution in [0.4, 0.5) is 0 Å². The number of hydrogen-bond acceptors (Lipinski definition) is 2. The van der Waals surface area contributed by atoms with Crippen molar-refractivity contribution in [3.05, 3.63) is 42.5 Å². The van der Waals surface area contributed by atoms with Gasteiger partial charge in [0.25, 0.3) is 0 Å². The minimum atomic E-state index is 0.385. The van der Waals surface area contributed by atoms with Crippen molar-refractivity contribution in [2.75, 3.05) is 0 Å². The maximum atomic E-state index is 5.70. The van der Waals surface area contributed by atoms with Gasteiger partial charge in [-0.2, -0.15) is 0 Å². The van der Waals surface area contributed by atoms with E-state index in [0.717, 1.165) is 28.1 Å². The van der Waals surface area contributed by atoms with Crippen LogP contribution in [0.1, 0.15) is 5.82 Å². The molecule has 0 spiro atoms. The Balaban J connectivity index is 2.18. The molecule has 0 atom stereocenters. The fourth-order valence-electron chi connectivity index (χ4n) is 1.75. The van der Waals surface area contributed by atoms with Crippen LogP contribution in [0.5, 0.6) is 0 Å². The van der Waals surface area contributed by atoms with Gasteiger partial charge in [-0.15, -0.1) is 11.6 Å². The lowest BCUT2D eigenvalue weighted by atomic mass is 10.1. The maximum absolute atomic E-state index is 5.70. The Labute approximate surface area is 97.1 Å². The van der Waals surface area contributed by atoms with E-state index in [9.17, 15) is 0 Å². The summed E-state index contributed by atoms with van der Waals surface area (Å²) in [5, 5.41) is 1.08. The topological polar surface area (TPSA) is 41.8 Å². The quantitative estimate of drug-likeness (QED) is 0.687. The van der Waals surface area contributed by atoms with Crippen molar-refractivity contribution < 1.29 is 4.42 Å². The number of benzene rings is 1.